The van der Waals surface area contributed by atoms with Crippen LogP contribution >= 0.6 is 0 Å². The van der Waals surface area contributed by atoms with E-state index in [-0.39, 0.29) is 21.3 Å². The molecule has 0 aliphatic carbocycles. The van der Waals surface area contributed by atoms with E-state index in [4.69, 9.17) is 4.74 Å². The van der Waals surface area contributed by atoms with Crippen LogP contribution in [0.3, 0.4) is 0 Å². The number of nitrogens with one attached hydrogen (secondary N) is 1. The number of halogens is 1. The molecule has 0 saturated carbocycles. The van der Waals surface area contributed by atoms with Crippen LogP contribution in [0, 0.1) is 5.82 Å². The number of piperidine rings is 1. The van der Waals surface area contributed by atoms with Gasteiger partial charge in [0.05, 0.1) is 9.79 Å². The van der Waals surface area contributed by atoms with Crippen molar-refractivity contribution in [1.82, 2.24) is 5.32 Å². The van der Waals surface area contributed by atoms with Crippen molar-refractivity contribution in [1.29, 1.82) is 0 Å². The molecule has 4 nitrogen and oxygen atoms in total. The quantitative estimate of drug-likeness (QED) is 0.849. The summed E-state index contributed by atoms with van der Waals surface area (Å²) in [5.74, 6) is 0.297. The summed E-state index contributed by atoms with van der Waals surface area (Å²) in [6.45, 7) is 3.76. The van der Waals surface area contributed by atoms with E-state index < -0.39 is 15.7 Å². The molecule has 2 unspecified atom stereocenters. The fraction of sp³-hybridized carbons (Fsp3) is 0.333. The first-order valence-corrected chi connectivity index (χ1v) is 9.42. The van der Waals surface area contributed by atoms with Gasteiger partial charge >= 0.3 is 0 Å². The molecule has 0 aromatic heterocycles. The third-order valence-electron chi connectivity index (χ3n) is 5.13. The highest BCUT2D eigenvalue weighted by Crippen LogP contribution is 2.47. The topological polar surface area (TPSA) is 55.4 Å². The minimum atomic E-state index is -3.68. The number of sulfone groups is 1. The Hall–Kier alpha value is -1.92. The largest absolute Gasteiger partial charge is 0.488 e. The van der Waals surface area contributed by atoms with Gasteiger partial charge in [-0.05, 0) is 55.4 Å². The molecule has 1 fully saturated rings. The van der Waals surface area contributed by atoms with E-state index >= 15 is 0 Å². The van der Waals surface area contributed by atoms with E-state index in [0.717, 1.165) is 43.0 Å². The first-order valence-electron chi connectivity index (χ1n) is 7.94. The van der Waals surface area contributed by atoms with Gasteiger partial charge in [-0.1, -0.05) is 6.92 Å². The van der Waals surface area contributed by atoms with Gasteiger partial charge in [-0.15, -0.1) is 0 Å². The molecule has 24 heavy (non-hydrogen) atoms. The summed E-state index contributed by atoms with van der Waals surface area (Å²) in [6.07, 6.45) is 0.912. The molecule has 2 aliphatic heterocycles. The van der Waals surface area contributed by atoms with Crippen LogP contribution in [0.5, 0.6) is 5.75 Å². The fourth-order valence-corrected chi connectivity index (χ4v) is 4.86. The maximum atomic E-state index is 13.1. The zero-order valence-corrected chi connectivity index (χ0v) is 14.1. The van der Waals surface area contributed by atoms with Gasteiger partial charge in [-0.25, -0.2) is 12.8 Å². The van der Waals surface area contributed by atoms with Crippen LogP contribution in [0.2, 0.25) is 0 Å². The smallest absolute Gasteiger partial charge is 0.206 e. The van der Waals surface area contributed by atoms with Crippen LogP contribution in [-0.4, -0.2) is 27.6 Å². The Morgan fingerprint density at radius 3 is 2.62 bits per heavy atom. The second-order valence-corrected chi connectivity index (χ2v) is 8.54. The molecule has 2 aromatic rings. The van der Waals surface area contributed by atoms with Gasteiger partial charge in [-0.2, -0.15) is 0 Å². The molecule has 0 spiro atoms. The lowest BCUT2D eigenvalue weighted by molar-refractivity contribution is 0.124. The molecule has 1 N–H and O–H groups in total. The zero-order valence-electron chi connectivity index (χ0n) is 13.3. The Bertz CT molecular complexity index is 895. The standard InChI is InChI=1S/C18H18FNO3S/c1-18-8-9-20-11-17(18)23-16-7-6-14(10-15(16)18)24(21,22)13-4-2-12(19)3-5-13/h2-7,10,17,20H,8-9,11H2,1H3. The van der Waals surface area contributed by atoms with Gasteiger partial charge in [0.25, 0.3) is 0 Å². The lowest BCUT2D eigenvalue weighted by Gasteiger charge is -2.35. The Morgan fingerprint density at radius 2 is 1.88 bits per heavy atom. The Labute approximate surface area is 140 Å². The number of rotatable bonds is 2. The fourth-order valence-electron chi connectivity index (χ4n) is 3.58. The second-order valence-electron chi connectivity index (χ2n) is 6.59. The normalized spacial score (nSPS) is 25.7. The molecular weight excluding hydrogens is 329 g/mol. The third-order valence-corrected chi connectivity index (χ3v) is 6.90. The maximum Gasteiger partial charge on any atom is 0.206 e. The highest BCUT2D eigenvalue weighted by atomic mass is 32.2. The molecule has 0 bridgehead atoms. The molecular formula is C18H18FNO3S. The number of benzene rings is 2. The first kappa shape index (κ1) is 15.6. The van der Waals surface area contributed by atoms with E-state index in [9.17, 15) is 12.8 Å². The van der Waals surface area contributed by atoms with E-state index in [1.165, 1.54) is 12.1 Å². The average Bonchev–Trinajstić information content (AvgIpc) is 2.87. The minimum Gasteiger partial charge on any atom is -0.488 e. The van der Waals surface area contributed by atoms with Crippen molar-refractivity contribution < 1.29 is 17.5 Å². The molecule has 0 amide bonds. The molecule has 2 heterocycles. The first-order chi connectivity index (χ1) is 11.4. The van der Waals surface area contributed by atoms with Crippen LogP contribution in [0.15, 0.2) is 52.3 Å². The molecule has 2 aliphatic rings. The van der Waals surface area contributed by atoms with Crippen molar-refractivity contribution >= 4 is 9.84 Å². The zero-order chi connectivity index (χ0) is 16.9. The van der Waals surface area contributed by atoms with Gasteiger partial charge < -0.3 is 10.1 Å². The molecule has 4 rings (SSSR count). The summed E-state index contributed by atoms with van der Waals surface area (Å²) in [7, 11) is -3.68. The average molecular weight is 347 g/mol. The van der Waals surface area contributed by atoms with Crippen molar-refractivity contribution in [2.45, 2.75) is 34.7 Å². The molecule has 2 aromatic carbocycles. The molecule has 0 radical (unpaired) electrons. The van der Waals surface area contributed by atoms with Gasteiger partial charge in [0, 0.05) is 17.5 Å². The molecule has 126 valence electrons. The van der Waals surface area contributed by atoms with Crippen molar-refractivity contribution in [3.8, 4) is 5.75 Å². The van der Waals surface area contributed by atoms with Gasteiger partial charge in [0.2, 0.25) is 9.84 Å². The lowest BCUT2D eigenvalue weighted by Crippen LogP contribution is -2.49. The predicted molar refractivity (Wildman–Crippen MR) is 87.5 cm³/mol. The summed E-state index contributed by atoms with van der Waals surface area (Å²) < 4.78 is 44.7. The highest BCUT2D eigenvalue weighted by molar-refractivity contribution is 7.91. The van der Waals surface area contributed by atoms with Crippen molar-refractivity contribution in [3.63, 3.8) is 0 Å². The Balaban J connectivity index is 1.79. The Kier molecular flexibility index (Phi) is 3.44. The molecule has 2 atom stereocenters. The predicted octanol–water partition coefficient (Wildman–Crippen LogP) is 2.67. The SMILES string of the molecule is CC12CCNCC1Oc1ccc(S(=O)(=O)c3ccc(F)cc3)cc12. The van der Waals surface area contributed by atoms with E-state index in [1.807, 2.05) is 0 Å². The summed E-state index contributed by atoms with van der Waals surface area (Å²) >= 11 is 0. The second kappa shape index (κ2) is 5.29. The number of ether oxygens (including phenoxy) is 1. The van der Waals surface area contributed by atoms with E-state index in [0.29, 0.717) is 0 Å². The summed E-state index contributed by atoms with van der Waals surface area (Å²) in [4.78, 5) is 0.312. The molecule has 6 heteroatoms. The third kappa shape index (κ3) is 2.24. The van der Waals surface area contributed by atoms with Gasteiger partial charge in [0.1, 0.15) is 17.7 Å². The number of fused-ring (bicyclic) bond motifs is 3. The number of hydrogen-bond donors (Lipinski definition) is 1. The minimum absolute atomic E-state index is 0.0185. The highest BCUT2D eigenvalue weighted by Gasteiger charge is 2.47. The van der Waals surface area contributed by atoms with Crippen molar-refractivity contribution in [3.05, 3.63) is 53.8 Å². The van der Waals surface area contributed by atoms with Gasteiger partial charge in [-0.3, -0.25) is 0 Å². The number of hydrogen-bond acceptors (Lipinski definition) is 4. The van der Waals surface area contributed by atoms with Crippen LogP contribution in [0.25, 0.3) is 0 Å². The summed E-state index contributed by atoms with van der Waals surface area (Å²) in [6, 6.07) is 9.92. The van der Waals surface area contributed by atoms with E-state index in [1.54, 1.807) is 18.2 Å². The van der Waals surface area contributed by atoms with Crippen LogP contribution in [0.4, 0.5) is 4.39 Å². The van der Waals surface area contributed by atoms with Crippen LogP contribution in [-0.2, 0) is 15.3 Å². The van der Waals surface area contributed by atoms with Crippen LogP contribution in [0.1, 0.15) is 18.9 Å². The lowest BCUT2D eigenvalue weighted by atomic mass is 9.74. The van der Waals surface area contributed by atoms with Crippen molar-refractivity contribution in [2.75, 3.05) is 13.1 Å². The summed E-state index contributed by atoms with van der Waals surface area (Å²) in [5.41, 5.74) is 0.756. The Morgan fingerprint density at radius 1 is 1.17 bits per heavy atom. The summed E-state index contributed by atoms with van der Waals surface area (Å²) in [5, 5.41) is 3.31. The molecule has 1 saturated heterocycles. The van der Waals surface area contributed by atoms with Crippen molar-refractivity contribution in [2.24, 2.45) is 0 Å². The van der Waals surface area contributed by atoms with Crippen LogP contribution < -0.4 is 10.1 Å². The van der Waals surface area contributed by atoms with E-state index in [2.05, 4.69) is 12.2 Å². The maximum absolute atomic E-state index is 13.1. The van der Waals surface area contributed by atoms with Gasteiger partial charge in [0.15, 0.2) is 0 Å². The monoisotopic (exact) mass is 347 g/mol.